The zero-order chi connectivity index (χ0) is 10.8. The van der Waals surface area contributed by atoms with Gasteiger partial charge >= 0.3 is 5.97 Å². The van der Waals surface area contributed by atoms with Crippen LogP contribution < -0.4 is 5.73 Å². The van der Waals surface area contributed by atoms with Gasteiger partial charge in [-0.2, -0.15) is 0 Å². The van der Waals surface area contributed by atoms with E-state index in [1.54, 1.807) is 5.06 Å². The zero-order valence-electron chi connectivity index (χ0n) is 9.25. The van der Waals surface area contributed by atoms with Crippen LogP contribution in [0.25, 0.3) is 0 Å². The first kappa shape index (κ1) is 11.5. The molecule has 1 aliphatic heterocycles. The van der Waals surface area contributed by atoms with Crippen LogP contribution in [-0.2, 0) is 9.63 Å². The van der Waals surface area contributed by atoms with Gasteiger partial charge in [-0.3, -0.25) is 0 Å². The molecule has 0 bridgehead atoms. The summed E-state index contributed by atoms with van der Waals surface area (Å²) in [6.07, 6.45) is 1.02. The average molecular weight is 200 g/mol. The predicted octanol–water partition coefficient (Wildman–Crippen LogP) is 0.771. The normalized spacial score (nSPS) is 23.9. The lowest BCUT2D eigenvalue weighted by Crippen LogP contribution is -2.32. The largest absolute Gasteiger partial charge is 0.367 e. The second-order valence-corrected chi connectivity index (χ2v) is 4.91. The van der Waals surface area contributed by atoms with Crippen LogP contribution in [0.3, 0.4) is 0 Å². The number of hydrogen-bond acceptors (Lipinski definition) is 4. The van der Waals surface area contributed by atoms with Crippen LogP contribution in [0.15, 0.2) is 0 Å². The Morgan fingerprint density at radius 3 is 2.64 bits per heavy atom. The molecular weight excluding hydrogens is 180 g/mol. The maximum absolute atomic E-state index is 11.5. The highest BCUT2D eigenvalue weighted by Crippen LogP contribution is 2.20. The first-order valence-corrected chi connectivity index (χ1v) is 5.11. The average Bonchev–Trinajstić information content (AvgIpc) is 2.50. The molecule has 0 saturated carbocycles. The van der Waals surface area contributed by atoms with Gasteiger partial charge in [0.15, 0.2) is 0 Å². The fourth-order valence-corrected chi connectivity index (χ4v) is 1.33. The van der Waals surface area contributed by atoms with Crippen molar-refractivity contribution < 1.29 is 9.63 Å². The molecule has 0 spiro atoms. The highest BCUT2D eigenvalue weighted by Gasteiger charge is 2.29. The van der Waals surface area contributed by atoms with Crippen LogP contribution in [-0.4, -0.2) is 30.7 Å². The van der Waals surface area contributed by atoms with Gasteiger partial charge in [-0.1, -0.05) is 0 Å². The second kappa shape index (κ2) is 4.28. The molecule has 1 atom stereocenters. The van der Waals surface area contributed by atoms with Crippen LogP contribution in [0.1, 0.15) is 27.2 Å². The molecule has 0 aliphatic carbocycles. The predicted molar refractivity (Wildman–Crippen MR) is 54.3 cm³/mol. The molecule has 4 nitrogen and oxygen atoms in total. The summed E-state index contributed by atoms with van der Waals surface area (Å²) < 4.78 is 0. The van der Waals surface area contributed by atoms with Crippen molar-refractivity contribution >= 4 is 5.97 Å². The summed E-state index contributed by atoms with van der Waals surface area (Å²) in [6.45, 7) is 7.81. The van der Waals surface area contributed by atoms with E-state index in [4.69, 9.17) is 10.6 Å². The van der Waals surface area contributed by atoms with Crippen LogP contribution in [0, 0.1) is 11.3 Å². The van der Waals surface area contributed by atoms with Gasteiger partial charge in [0, 0.05) is 13.1 Å². The van der Waals surface area contributed by atoms with Gasteiger partial charge < -0.3 is 10.6 Å². The fraction of sp³-hybridized carbons (Fsp3) is 0.900. The van der Waals surface area contributed by atoms with E-state index in [0.717, 1.165) is 19.5 Å². The zero-order valence-corrected chi connectivity index (χ0v) is 9.25. The van der Waals surface area contributed by atoms with E-state index in [-0.39, 0.29) is 5.97 Å². The first-order chi connectivity index (χ1) is 6.43. The lowest BCUT2D eigenvalue weighted by atomic mass is 9.98. The molecule has 0 amide bonds. The van der Waals surface area contributed by atoms with Crippen molar-refractivity contribution in [2.75, 3.05) is 19.6 Å². The number of carbonyl (C=O) groups is 1. The van der Waals surface area contributed by atoms with E-state index in [9.17, 15) is 4.79 Å². The minimum absolute atomic E-state index is 0.171. The Kier molecular flexibility index (Phi) is 3.50. The van der Waals surface area contributed by atoms with Gasteiger partial charge in [0.05, 0.1) is 5.41 Å². The van der Waals surface area contributed by atoms with E-state index in [0.29, 0.717) is 12.5 Å². The first-order valence-electron chi connectivity index (χ1n) is 5.11. The number of carbonyl (C=O) groups excluding carboxylic acids is 1. The van der Waals surface area contributed by atoms with Crippen molar-refractivity contribution in [3.63, 3.8) is 0 Å². The lowest BCUT2D eigenvalue weighted by molar-refractivity contribution is -0.195. The molecule has 0 radical (unpaired) electrons. The Bertz CT molecular complexity index is 211. The summed E-state index contributed by atoms with van der Waals surface area (Å²) in [5.41, 5.74) is 5.12. The molecular formula is C10H20N2O2. The van der Waals surface area contributed by atoms with E-state index in [1.807, 2.05) is 20.8 Å². The smallest absolute Gasteiger partial charge is 0.330 e. The van der Waals surface area contributed by atoms with Gasteiger partial charge in [0.2, 0.25) is 0 Å². The Hall–Kier alpha value is -0.610. The van der Waals surface area contributed by atoms with Crippen molar-refractivity contribution in [1.82, 2.24) is 5.06 Å². The molecule has 0 aromatic carbocycles. The molecule has 4 heteroatoms. The third-order valence-electron chi connectivity index (χ3n) is 2.41. The highest BCUT2D eigenvalue weighted by atomic mass is 16.7. The van der Waals surface area contributed by atoms with E-state index in [1.165, 1.54) is 0 Å². The van der Waals surface area contributed by atoms with Gasteiger partial charge in [-0.05, 0) is 39.7 Å². The van der Waals surface area contributed by atoms with Gasteiger partial charge in [0.1, 0.15) is 0 Å². The number of nitrogens with two attached hydrogens (primary N) is 1. The number of nitrogens with zero attached hydrogens (tertiary/aromatic N) is 1. The molecule has 82 valence electrons. The topological polar surface area (TPSA) is 55.6 Å². The van der Waals surface area contributed by atoms with Gasteiger partial charge in [-0.25, -0.2) is 4.79 Å². The molecule has 0 aromatic rings. The Labute approximate surface area is 85.3 Å². The number of rotatable bonds is 2. The standard InChI is InChI=1S/C10H20N2O2/c1-10(2,3)9(13)14-12-5-4-8(6-11)7-12/h8H,4-7,11H2,1-3H3/t8-/m0/s1. The van der Waals surface area contributed by atoms with Crippen molar-refractivity contribution in [1.29, 1.82) is 0 Å². The molecule has 0 aromatic heterocycles. The molecule has 1 heterocycles. The second-order valence-electron chi connectivity index (χ2n) is 4.91. The van der Waals surface area contributed by atoms with Crippen molar-refractivity contribution in [3.8, 4) is 0 Å². The monoisotopic (exact) mass is 200 g/mol. The quantitative estimate of drug-likeness (QED) is 0.715. The maximum Gasteiger partial charge on any atom is 0.330 e. The molecule has 1 aliphatic rings. The van der Waals surface area contributed by atoms with Crippen molar-refractivity contribution in [2.24, 2.45) is 17.1 Å². The van der Waals surface area contributed by atoms with Crippen LogP contribution in [0.4, 0.5) is 0 Å². The SMILES string of the molecule is CC(C)(C)C(=O)ON1CC[C@@H](CN)C1. The minimum Gasteiger partial charge on any atom is -0.367 e. The lowest BCUT2D eigenvalue weighted by Gasteiger charge is -2.21. The summed E-state index contributed by atoms with van der Waals surface area (Å²) in [5.74, 6) is 0.304. The Morgan fingerprint density at radius 1 is 1.57 bits per heavy atom. The maximum atomic E-state index is 11.5. The van der Waals surface area contributed by atoms with Crippen LogP contribution in [0.2, 0.25) is 0 Å². The van der Waals surface area contributed by atoms with Crippen molar-refractivity contribution in [3.05, 3.63) is 0 Å². The summed E-state index contributed by atoms with van der Waals surface area (Å²) in [7, 11) is 0. The summed E-state index contributed by atoms with van der Waals surface area (Å²) in [4.78, 5) is 16.8. The summed E-state index contributed by atoms with van der Waals surface area (Å²) in [6, 6.07) is 0. The highest BCUT2D eigenvalue weighted by molar-refractivity contribution is 5.75. The summed E-state index contributed by atoms with van der Waals surface area (Å²) >= 11 is 0. The fourth-order valence-electron chi connectivity index (χ4n) is 1.33. The number of hydroxylamine groups is 2. The third-order valence-corrected chi connectivity index (χ3v) is 2.41. The molecule has 1 fully saturated rings. The molecule has 14 heavy (non-hydrogen) atoms. The van der Waals surface area contributed by atoms with E-state index >= 15 is 0 Å². The summed E-state index contributed by atoms with van der Waals surface area (Å²) in [5, 5.41) is 1.73. The Morgan fingerprint density at radius 2 is 2.21 bits per heavy atom. The van der Waals surface area contributed by atoms with Gasteiger partial charge in [-0.15, -0.1) is 5.06 Å². The van der Waals surface area contributed by atoms with Crippen LogP contribution in [0.5, 0.6) is 0 Å². The Balaban J connectivity index is 2.36. The van der Waals surface area contributed by atoms with Crippen LogP contribution >= 0.6 is 0 Å². The molecule has 0 unspecified atom stereocenters. The van der Waals surface area contributed by atoms with Crippen molar-refractivity contribution in [2.45, 2.75) is 27.2 Å². The third kappa shape index (κ3) is 2.96. The molecule has 1 saturated heterocycles. The van der Waals surface area contributed by atoms with Gasteiger partial charge in [0.25, 0.3) is 0 Å². The minimum atomic E-state index is -0.430. The molecule has 2 N–H and O–H groups in total. The van der Waals surface area contributed by atoms with E-state index in [2.05, 4.69) is 0 Å². The number of hydrogen-bond donors (Lipinski definition) is 1. The molecule has 1 rings (SSSR count). The van der Waals surface area contributed by atoms with E-state index < -0.39 is 5.41 Å².